The molecule has 2 rings (SSSR count). The van der Waals surface area contributed by atoms with Crippen LogP contribution >= 0.6 is 0 Å². The van der Waals surface area contributed by atoms with E-state index in [4.69, 9.17) is 4.74 Å². The normalized spacial score (nSPS) is 9.94. The maximum absolute atomic E-state index is 12.8. The zero-order chi connectivity index (χ0) is 12.1. The number of ether oxygens (including phenoxy) is 1. The lowest BCUT2D eigenvalue weighted by atomic mass is 10.2. The first-order valence-corrected chi connectivity index (χ1v) is 5.07. The lowest BCUT2D eigenvalue weighted by Crippen LogP contribution is -1.98. The molecule has 0 radical (unpaired) electrons. The fourth-order valence-electron chi connectivity index (χ4n) is 1.32. The van der Waals surface area contributed by atoms with Gasteiger partial charge in [0.05, 0.1) is 0 Å². The van der Waals surface area contributed by atoms with Crippen LogP contribution in [0.4, 0.5) is 4.39 Å². The smallest absolute Gasteiger partial charge is 0.216 e. The summed E-state index contributed by atoms with van der Waals surface area (Å²) in [5.74, 6) is -0.330. The van der Waals surface area contributed by atoms with Crippen LogP contribution in [-0.4, -0.2) is 11.3 Å². The van der Waals surface area contributed by atoms with Gasteiger partial charge in [0, 0.05) is 11.6 Å². The third kappa shape index (κ3) is 3.11. The molecule has 0 unspecified atom stereocenters. The standard InChI is InChI=1S/C13H10FNO2/c14-12-2-1-3-13(15-12)17-9-11-6-4-10(8-16)5-7-11/h1-8H,9H2. The van der Waals surface area contributed by atoms with Gasteiger partial charge in [0.1, 0.15) is 12.9 Å². The quantitative estimate of drug-likeness (QED) is 0.599. The summed E-state index contributed by atoms with van der Waals surface area (Å²) in [6, 6.07) is 11.3. The SMILES string of the molecule is O=Cc1ccc(COc2cccc(F)n2)cc1. The number of carbonyl (C=O) groups is 1. The van der Waals surface area contributed by atoms with E-state index in [1.807, 2.05) is 0 Å². The zero-order valence-electron chi connectivity index (χ0n) is 8.97. The number of rotatable bonds is 4. The highest BCUT2D eigenvalue weighted by Gasteiger charge is 1.99. The van der Waals surface area contributed by atoms with Crippen molar-refractivity contribution in [3.8, 4) is 5.88 Å². The third-order valence-electron chi connectivity index (χ3n) is 2.19. The second-order valence-electron chi connectivity index (χ2n) is 3.45. The van der Waals surface area contributed by atoms with Crippen LogP contribution in [0.1, 0.15) is 15.9 Å². The van der Waals surface area contributed by atoms with Crippen molar-refractivity contribution < 1.29 is 13.9 Å². The van der Waals surface area contributed by atoms with Crippen LogP contribution in [0.5, 0.6) is 5.88 Å². The molecule has 3 nitrogen and oxygen atoms in total. The molecular weight excluding hydrogens is 221 g/mol. The predicted molar refractivity (Wildman–Crippen MR) is 60.4 cm³/mol. The van der Waals surface area contributed by atoms with Crippen LogP contribution in [0, 0.1) is 5.95 Å². The summed E-state index contributed by atoms with van der Waals surface area (Å²) in [4.78, 5) is 14.0. The first-order chi connectivity index (χ1) is 8.28. The van der Waals surface area contributed by atoms with E-state index >= 15 is 0 Å². The molecule has 1 aromatic heterocycles. The molecule has 0 saturated heterocycles. The van der Waals surface area contributed by atoms with Gasteiger partial charge in [0.2, 0.25) is 11.8 Å². The Bertz CT molecular complexity index is 511. The van der Waals surface area contributed by atoms with E-state index in [2.05, 4.69) is 4.98 Å². The number of benzene rings is 1. The van der Waals surface area contributed by atoms with Crippen LogP contribution in [0.2, 0.25) is 0 Å². The van der Waals surface area contributed by atoms with Crippen LogP contribution < -0.4 is 4.74 Å². The highest BCUT2D eigenvalue weighted by molar-refractivity contribution is 5.74. The lowest BCUT2D eigenvalue weighted by molar-refractivity contribution is 0.112. The first kappa shape index (κ1) is 11.3. The Kier molecular flexibility index (Phi) is 3.45. The zero-order valence-corrected chi connectivity index (χ0v) is 8.97. The van der Waals surface area contributed by atoms with E-state index in [9.17, 15) is 9.18 Å². The molecule has 4 heteroatoms. The van der Waals surface area contributed by atoms with Crippen molar-refractivity contribution in [2.75, 3.05) is 0 Å². The molecule has 0 N–H and O–H groups in total. The number of hydrogen-bond acceptors (Lipinski definition) is 3. The molecule has 0 aliphatic heterocycles. The summed E-state index contributed by atoms with van der Waals surface area (Å²) in [7, 11) is 0. The van der Waals surface area contributed by atoms with E-state index < -0.39 is 5.95 Å². The number of carbonyl (C=O) groups excluding carboxylic acids is 1. The number of halogens is 1. The van der Waals surface area contributed by atoms with Gasteiger partial charge in [0.25, 0.3) is 0 Å². The van der Waals surface area contributed by atoms with E-state index in [1.165, 1.54) is 12.1 Å². The van der Waals surface area contributed by atoms with E-state index in [-0.39, 0.29) is 12.5 Å². The van der Waals surface area contributed by atoms with Crippen LogP contribution in [-0.2, 0) is 6.61 Å². The molecule has 0 fully saturated rings. The minimum Gasteiger partial charge on any atom is -0.473 e. The maximum Gasteiger partial charge on any atom is 0.216 e. The Morgan fingerprint density at radius 1 is 1.18 bits per heavy atom. The number of nitrogens with zero attached hydrogens (tertiary/aromatic N) is 1. The molecule has 1 aromatic carbocycles. The Hall–Kier alpha value is -2.23. The highest BCUT2D eigenvalue weighted by atomic mass is 19.1. The summed E-state index contributed by atoms with van der Waals surface area (Å²) >= 11 is 0. The van der Waals surface area contributed by atoms with E-state index in [0.29, 0.717) is 5.56 Å². The molecule has 0 atom stereocenters. The van der Waals surface area contributed by atoms with Gasteiger partial charge in [-0.15, -0.1) is 0 Å². The summed E-state index contributed by atoms with van der Waals surface area (Å²) < 4.78 is 18.1. The van der Waals surface area contributed by atoms with Gasteiger partial charge in [-0.1, -0.05) is 30.3 Å². The maximum atomic E-state index is 12.8. The van der Waals surface area contributed by atoms with Crippen LogP contribution in [0.3, 0.4) is 0 Å². The average Bonchev–Trinajstić information content (AvgIpc) is 2.37. The molecule has 0 amide bonds. The molecule has 0 aliphatic rings. The molecule has 0 bridgehead atoms. The molecular formula is C13H10FNO2. The van der Waals surface area contributed by atoms with Gasteiger partial charge in [-0.2, -0.15) is 9.37 Å². The summed E-state index contributed by atoms with van der Waals surface area (Å²) in [5.41, 5.74) is 1.50. The minimum absolute atomic E-state index is 0.240. The molecule has 0 saturated carbocycles. The Balaban J connectivity index is 1.99. The fraction of sp³-hybridized carbons (Fsp3) is 0.0769. The molecule has 2 aromatic rings. The van der Waals surface area contributed by atoms with Gasteiger partial charge < -0.3 is 4.74 Å². The average molecular weight is 231 g/mol. The second-order valence-corrected chi connectivity index (χ2v) is 3.45. The lowest BCUT2D eigenvalue weighted by Gasteiger charge is -2.05. The molecule has 0 aliphatic carbocycles. The fourth-order valence-corrected chi connectivity index (χ4v) is 1.32. The number of pyridine rings is 1. The topological polar surface area (TPSA) is 39.2 Å². The van der Waals surface area contributed by atoms with Crippen molar-refractivity contribution in [2.45, 2.75) is 6.61 Å². The van der Waals surface area contributed by atoms with E-state index in [1.54, 1.807) is 30.3 Å². The van der Waals surface area contributed by atoms with Gasteiger partial charge in [-0.3, -0.25) is 4.79 Å². The Morgan fingerprint density at radius 3 is 2.59 bits per heavy atom. The van der Waals surface area contributed by atoms with Crippen LogP contribution in [0.15, 0.2) is 42.5 Å². The first-order valence-electron chi connectivity index (χ1n) is 5.07. The van der Waals surface area contributed by atoms with Crippen molar-refractivity contribution in [1.29, 1.82) is 0 Å². The molecule has 1 heterocycles. The molecule has 86 valence electrons. The van der Waals surface area contributed by atoms with Gasteiger partial charge >= 0.3 is 0 Å². The van der Waals surface area contributed by atoms with Crippen LogP contribution in [0.25, 0.3) is 0 Å². The summed E-state index contributed by atoms with van der Waals surface area (Å²) in [5, 5.41) is 0. The van der Waals surface area contributed by atoms with E-state index in [0.717, 1.165) is 11.8 Å². The largest absolute Gasteiger partial charge is 0.473 e. The number of aromatic nitrogens is 1. The molecule has 17 heavy (non-hydrogen) atoms. The number of aldehydes is 1. The minimum atomic E-state index is -0.571. The van der Waals surface area contributed by atoms with Crippen molar-refractivity contribution in [3.05, 3.63) is 59.5 Å². The van der Waals surface area contributed by atoms with Crippen molar-refractivity contribution in [2.24, 2.45) is 0 Å². The van der Waals surface area contributed by atoms with Crippen molar-refractivity contribution in [1.82, 2.24) is 4.98 Å². The Labute approximate surface area is 97.9 Å². The monoisotopic (exact) mass is 231 g/mol. The van der Waals surface area contributed by atoms with Gasteiger partial charge in [-0.25, -0.2) is 0 Å². The van der Waals surface area contributed by atoms with Gasteiger partial charge in [0.15, 0.2) is 0 Å². The van der Waals surface area contributed by atoms with Crippen molar-refractivity contribution >= 4 is 6.29 Å². The predicted octanol–water partition coefficient (Wildman–Crippen LogP) is 2.61. The number of hydrogen-bond donors (Lipinski definition) is 0. The summed E-state index contributed by atoms with van der Waals surface area (Å²) in [6.07, 6.45) is 0.777. The molecule has 0 spiro atoms. The third-order valence-corrected chi connectivity index (χ3v) is 2.19. The second kappa shape index (κ2) is 5.21. The summed E-state index contributed by atoms with van der Waals surface area (Å²) in [6.45, 7) is 0.287. The van der Waals surface area contributed by atoms with Gasteiger partial charge in [-0.05, 0) is 11.6 Å². The van der Waals surface area contributed by atoms with Crippen molar-refractivity contribution in [3.63, 3.8) is 0 Å². The Morgan fingerprint density at radius 2 is 1.94 bits per heavy atom. The highest BCUT2D eigenvalue weighted by Crippen LogP contribution is 2.10.